The standard InChI is InChI=1S/C35H43N5O3/c1-34(2)32(35(3,4)33(34)43-27-14-9-24(21-36)30(20-27)42-5)40-22-29-28(31(40)41)15-11-25(38-29)10-6-23-7-12-26(13-8-23)39-18-16-37-17-19-39/h9,11,14-15,20,23,26,32-33,37H,7-8,12-13,16-19,22H2,1-5H3/t23?,26?,32-,33-. The van der Waals surface area contributed by atoms with Gasteiger partial charge in [0.25, 0.3) is 5.91 Å². The number of piperazine rings is 1. The molecule has 8 nitrogen and oxygen atoms in total. The lowest BCUT2D eigenvalue weighted by atomic mass is 9.49. The molecule has 1 N–H and O–H groups in total. The van der Waals surface area contributed by atoms with Gasteiger partial charge in [0.05, 0.1) is 30.5 Å². The molecule has 0 unspecified atom stereocenters. The summed E-state index contributed by atoms with van der Waals surface area (Å²) in [4.78, 5) is 23.1. The monoisotopic (exact) mass is 581 g/mol. The molecule has 2 saturated carbocycles. The van der Waals surface area contributed by atoms with Crippen LogP contribution in [0.25, 0.3) is 0 Å². The van der Waals surface area contributed by atoms with Crippen molar-refractivity contribution in [3.8, 4) is 29.4 Å². The summed E-state index contributed by atoms with van der Waals surface area (Å²) in [6, 6.07) is 11.9. The van der Waals surface area contributed by atoms with E-state index in [2.05, 4.69) is 55.8 Å². The lowest BCUT2D eigenvalue weighted by Crippen LogP contribution is -2.74. The minimum absolute atomic E-state index is 0.0258. The SMILES string of the molecule is COc1cc(O[C@H]2C(C)(C)[C@H](N3Cc4nc(C#CC5CCC(N6CCNCC6)CC5)ccc4C3=O)C2(C)C)ccc1C#N. The Kier molecular flexibility index (Phi) is 7.87. The summed E-state index contributed by atoms with van der Waals surface area (Å²) >= 11 is 0. The van der Waals surface area contributed by atoms with Crippen LogP contribution in [0.15, 0.2) is 30.3 Å². The maximum Gasteiger partial charge on any atom is 0.256 e. The Morgan fingerprint density at radius 1 is 1.02 bits per heavy atom. The molecule has 4 aliphatic rings. The summed E-state index contributed by atoms with van der Waals surface area (Å²) < 4.78 is 11.9. The fraction of sp³-hybridized carbons (Fsp3) is 0.571. The predicted molar refractivity (Wildman–Crippen MR) is 165 cm³/mol. The van der Waals surface area contributed by atoms with Gasteiger partial charge < -0.3 is 19.7 Å². The minimum Gasteiger partial charge on any atom is -0.495 e. The lowest BCUT2D eigenvalue weighted by Gasteiger charge is -2.65. The second kappa shape index (κ2) is 11.5. The van der Waals surface area contributed by atoms with Gasteiger partial charge in [-0.05, 0) is 55.9 Å². The van der Waals surface area contributed by atoms with Crippen molar-refractivity contribution in [3.63, 3.8) is 0 Å². The van der Waals surface area contributed by atoms with E-state index in [1.54, 1.807) is 19.2 Å². The summed E-state index contributed by atoms with van der Waals surface area (Å²) in [5.41, 5.74) is 2.08. The first-order chi connectivity index (χ1) is 20.6. The van der Waals surface area contributed by atoms with Crippen LogP contribution in [0.4, 0.5) is 0 Å². The van der Waals surface area contributed by atoms with Gasteiger partial charge in [-0.25, -0.2) is 4.98 Å². The summed E-state index contributed by atoms with van der Waals surface area (Å²) in [6.45, 7) is 13.6. The molecule has 2 aliphatic heterocycles. The third kappa shape index (κ3) is 5.37. The van der Waals surface area contributed by atoms with Crippen LogP contribution in [-0.2, 0) is 6.54 Å². The molecule has 1 amide bonds. The third-order valence-corrected chi connectivity index (χ3v) is 10.2. The van der Waals surface area contributed by atoms with Crippen LogP contribution >= 0.6 is 0 Å². The number of benzene rings is 1. The van der Waals surface area contributed by atoms with Crippen molar-refractivity contribution in [1.82, 2.24) is 20.1 Å². The Bertz CT molecular complexity index is 1470. The number of aromatic nitrogens is 1. The van der Waals surface area contributed by atoms with Crippen molar-refractivity contribution in [2.24, 2.45) is 16.7 Å². The third-order valence-electron chi connectivity index (χ3n) is 10.2. The fourth-order valence-corrected chi connectivity index (χ4v) is 8.48. The van der Waals surface area contributed by atoms with Crippen LogP contribution in [0.1, 0.15) is 80.7 Å². The number of rotatable bonds is 5. The van der Waals surface area contributed by atoms with E-state index in [9.17, 15) is 10.1 Å². The summed E-state index contributed by atoms with van der Waals surface area (Å²) in [5, 5.41) is 12.8. The highest BCUT2D eigenvalue weighted by atomic mass is 16.5. The average molecular weight is 582 g/mol. The van der Waals surface area contributed by atoms with Gasteiger partial charge in [0.15, 0.2) is 0 Å². The molecule has 3 fully saturated rings. The van der Waals surface area contributed by atoms with E-state index in [1.807, 2.05) is 23.1 Å². The smallest absolute Gasteiger partial charge is 0.256 e. The number of nitriles is 1. The Morgan fingerprint density at radius 2 is 1.74 bits per heavy atom. The minimum atomic E-state index is -0.311. The van der Waals surface area contributed by atoms with E-state index in [0.717, 1.165) is 50.4 Å². The average Bonchev–Trinajstić information content (AvgIpc) is 3.32. The van der Waals surface area contributed by atoms with Crippen LogP contribution in [-0.4, -0.2) is 72.2 Å². The largest absolute Gasteiger partial charge is 0.495 e. The molecule has 1 saturated heterocycles. The number of hydrogen-bond donors (Lipinski definition) is 1. The quantitative estimate of drug-likeness (QED) is 0.516. The number of pyridine rings is 1. The molecule has 1 aromatic heterocycles. The predicted octanol–water partition coefficient (Wildman–Crippen LogP) is 4.62. The van der Waals surface area contributed by atoms with Gasteiger partial charge in [-0.2, -0.15) is 5.26 Å². The molecule has 1 aromatic carbocycles. The van der Waals surface area contributed by atoms with Crippen molar-refractivity contribution in [2.45, 2.75) is 78.1 Å². The van der Waals surface area contributed by atoms with Crippen molar-refractivity contribution in [3.05, 3.63) is 52.8 Å². The second-order valence-corrected chi connectivity index (χ2v) is 13.7. The van der Waals surface area contributed by atoms with Gasteiger partial charge in [0, 0.05) is 61.1 Å². The first-order valence-corrected chi connectivity index (χ1v) is 15.7. The molecule has 3 heterocycles. The van der Waals surface area contributed by atoms with Gasteiger partial charge in [-0.1, -0.05) is 33.6 Å². The van der Waals surface area contributed by atoms with E-state index in [1.165, 1.54) is 12.8 Å². The molecule has 2 aromatic rings. The van der Waals surface area contributed by atoms with E-state index < -0.39 is 0 Å². The van der Waals surface area contributed by atoms with E-state index in [4.69, 9.17) is 14.5 Å². The molecule has 0 bridgehead atoms. The normalized spacial score (nSPS) is 27.7. The highest BCUT2D eigenvalue weighted by Crippen LogP contribution is 2.59. The number of nitrogens with zero attached hydrogens (tertiary/aromatic N) is 4. The summed E-state index contributed by atoms with van der Waals surface area (Å²) in [7, 11) is 1.55. The molecule has 2 aliphatic carbocycles. The number of hydrogen-bond acceptors (Lipinski definition) is 7. The van der Waals surface area contributed by atoms with Crippen molar-refractivity contribution < 1.29 is 14.3 Å². The maximum atomic E-state index is 13.7. The molecule has 226 valence electrons. The molecular formula is C35H43N5O3. The molecule has 0 atom stereocenters. The zero-order valence-corrected chi connectivity index (χ0v) is 26.1. The van der Waals surface area contributed by atoms with E-state index in [0.29, 0.717) is 41.1 Å². The zero-order valence-electron chi connectivity index (χ0n) is 26.1. The summed E-state index contributed by atoms with van der Waals surface area (Å²) in [5.74, 6) is 8.43. The van der Waals surface area contributed by atoms with Gasteiger partial charge >= 0.3 is 0 Å². The lowest BCUT2D eigenvalue weighted by molar-refractivity contribution is -0.199. The first kappa shape index (κ1) is 29.5. The number of fused-ring (bicyclic) bond motifs is 1. The topological polar surface area (TPSA) is 90.7 Å². The maximum absolute atomic E-state index is 13.7. The Labute approximate surface area is 255 Å². The number of methoxy groups -OCH3 is 1. The van der Waals surface area contributed by atoms with Gasteiger partial charge in [-0.3, -0.25) is 9.69 Å². The number of carbonyl (C=O) groups excluding carboxylic acids is 1. The molecular weight excluding hydrogens is 538 g/mol. The number of carbonyl (C=O) groups is 1. The number of amides is 1. The molecule has 0 radical (unpaired) electrons. The van der Waals surface area contributed by atoms with Crippen molar-refractivity contribution in [2.75, 3.05) is 33.3 Å². The highest BCUT2D eigenvalue weighted by molar-refractivity contribution is 5.98. The summed E-state index contributed by atoms with van der Waals surface area (Å²) in [6.07, 6.45) is 4.58. The first-order valence-electron chi connectivity index (χ1n) is 15.7. The van der Waals surface area contributed by atoms with Crippen LogP contribution < -0.4 is 14.8 Å². The van der Waals surface area contributed by atoms with E-state index in [-0.39, 0.29) is 28.9 Å². The Morgan fingerprint density at radius 3 is 2.42 bits per heavy atom. The van der Waals surface area contributed by atoms with Gasteiger partial charge in [-0.15, -0.1) is 0 Å². The molecule has 0 spiro atoms. The van der Waals surface area contributed by atoms with Gasteiger partial charge in [0.2, 0.25) is 0 Å². The molecule has 8 heteroatoms. The molecule has 6 rings (SSSR count). The van der Waals surface area contributed by atoms with Crippen LogP contribution in [0.5, 0.6) is 11.5 Å². The number of nitrogens with one attached hydrogen (secondary N) is 1. The van der Waals surface area contributed by atoms with Crippen molar-refractivity contribution in [1.29, 1.82) is 5.26 Å². The molecule has 43 heavy (non-hydrogen) atoms. The van der Waals surface area contributed by atoms with Crippen LogP contribution in [0.3, 0.4) is 0 Å². The Hall–Kier alpha value is -3.59. The number of ether oxygens (including phenoxy) is 2. The van der Waals surface area contributed by atoms with E-state index >= 15 is 0 Å². The fourth-order valence-electron chi connectivity index (χ4n) is 8.48. The zero-order chi connectivity index (χ0) is 30.4. The highest BCUT2D eigenvalue weighted by Gasteiger charge is 2.67. The Balaban J connectivity index is 1.11. The van der Waals surface area contributed by atoms with Crippen LogP contribution in [0.2, 0.25) is 0 Å². The van der Waals surface area contributed by atoms with Crippen molar-refractivity contribution >= 4 is 5.91 Å². The second-order valence-electron chi connectivity index (χ2n) is 13.7. The van der Waals surface area contributed by atoms with Crippen LogP contribution in [0, 0.1) is 39.9 Å². The van der Waals surface area contributed by atoms with Gasteiger partial charge in [0.1, 0.15) is 29.4 Å².